The standard InChI is InChI=1S/C17H13Cl6NO5/c1-28-6-3-4-8(29-2)7(5-6)24-13(25)9-10(14(26)27)16(21)12(19)11(18)15(9,20)17(16,22)23/h3-5,9-10H,1-2H3,(H,24,25)(H,26,27)/t9-,10+,15+,16+/m0/s1. The third kappa shape index (κ3) is 2.83. The van der Waals surface area contributed by atoms with Crippen LogP contribution in [0.2, 0.25) is 0 Å². The number of hydrogen-bond donors (Lipinski definition) is 2. The number of allylic oxidation sites excluding steroid dienone is 2. The van der Waals surface area contributed by atoms with Crippen LogP contribution in [0, 0.1) is 11.8 Å². The monoisotopic (exact) mass is 521 g/mol. The Balaban J connectivity index is 2.11. The van der Waals surface area contributed by atoms with Crippen molar-refractivity contribution in [1.29, 1.82) is 0 Å². The number of aliphatic carboxylic acids is 1. The van der Waals surface area contributed by atoms with Crippen LogP contribution in [0.4, 0.5) is 5.69 Å². The van der Waals surface area contributed by atoms with Gasteiger partial charge in [0.1, 0.15) is 21.2 Å². The van der Waals surface area contributed by atoms with Crippen LogP contribution in [0.5, 0.6) is 11.5 Å². The molecule has 1 amide bonds. The number of methoxy groups -OCH3 is 2. The first-order valence-corrected chi connectivity index (χ1v) is 10.2. The largest absolute Gasteiger partial charge is 0.497 e. The number of carbonyl (C=O) groups is 2. The molecule has 1 aromatic rings. The van der Waals surface area contributed by atoms with E-state index in [1.807, 2.05) is 0 Å². The second-order valence-corrected chi connectivity index (χ2v) is 9.75. The Labute approximate surface area is 195 Å². The van der Waals surface area contributed by atoms with Gasteiger partial charge >= 0.3 is 5.97 Å². The van der Waals surface area contributed by atoms with Gasteiger partial charge in [-0.15, -0.1) is 23.2 Å². The Hall–Kier alpha value is -0.760. The van der Waals surface area contributed by atoms with Crippen LogP contribution in [0.1, 0.15) is 0 Å². The molecule has 0 spiro atoms. The number of anilines is 1. The van der Waals surface area contributed by atoms with Crippen molar-refractivity contribution in [3.63, 3.8) is 0 Å². The van der Waals surface area contributed by atoms with Crippen LogP contribution in [-0.4, -0.2) is 45.3 Å². The molecule has 2 bridgehead atoms. The Kier molecular flexibility index (Phi) is 5.87. The van der Waals surface area contributed by atoms with Gasteiger partial charge in [-0.3, -0.25) is 9.59 Å². The first-order chi connectivity index (χ1) is 13.4. The summed E-state index contributed by atoms with van der Waals surface area (Å²) in [6.45, 7) is 0. The summed E-state index contributed by atoms with van der Waals surface area (Å²) in [6, 6.07) is 4.65. The van der Waals surface area contributed by atoms with Gasteiger partial charge in [0.25, 0.3) is 0 Å². The molecule has 12 heteroatoms. The Morgan fingerprint density at radius 3 is 2.03 bits per heavy atom. The number of rotatable bonds is 5. The Morgan fingerprint density at radius 1 is 1.00 bits per heavy atom. The van der Waals surface area contributed by atoms with Gasteiger partial charge in [-0.1, -0.05) is 46.4 Å². The molecular formula is C17H13Cl6NO5. The SMILES string of the molecule is COc1ccc(OC)c(NC(=O)[C@@H]2[C@H](C(=O)O)[C@@]3(Cl)C(Cl)=C(Cl)[C@@]2(Cl)C3(Cl)Cl)c1. The second kappa shape index (κ2) is 7.43. The minimum atomic E-state index is -2.18. The molecule has 2 N–H and O–H groups in total. The van der Waals surface area contributed by atoms with Gasteiger partial charge in [0.05, 0.1) is 41.8 Å². The van der Waals surface area contributed by atoms with E-state index in [0.29, 0.717) is 11.5 Å². The number of halogens is 6. The van der Waals surface area contributed by atoms with Gasteiger partial charge in [0.2, 0.25) is 5.91 Å². The number of hydrogen-bond acceptors (Lipinski definition) is 4. The fourth-order valence-corrected chi connectivity index (χ4v) is 6.68. The molecule has 0 unspecified atom stereocenters. The number of fused-ring (bicyclic) bond motifs is 2. The molecule has 0 heterocycles. The Morgan fingerprint density at radius 2 is 1.55 bits per heavy atom. The molecule has 0 saturated heterocycles. The van der Waals surface area contributed by atoms with E-state index in [0.717, 1.165) is 0 Å². The van der Waals surface area contributed by atoms with Crippen molar-refractivity contribution in [2.75, 3.05) is 19.5 Å². The van der Waals surface area contributed by atoms with E-state index in [4.69, 9.17) is 79.1 Å². The first kappa shape index (κ1) is 22.9. The smallest absolute Gasteiger partial charge is 0.309 e. The molecule has 1 saturated carbocycles. The molecule has 0 aromatic heterocycles. The predicted octanol–water partition coefficient (Wildman–Crippen LogP) is 4.80. The van der Waals surface area contributed by atoms with E-state index in [9.17, 15) is 14.7 Å². The van der Waals surface area contributed by atoms with Crippen LogP contribution >= 0.6 is 69.6 Å². The topological polar surface area (TPSA) is 84.9 Å². The first-order valence-electron chi connectivity index (χ1n) is 7.97. The number of carboxylic acids is 1. The van der Waals surface area contributed by atoms with Crippen LogP contribution in [-0.2, 0) is 9.59 Å². The molecule has 2 aliphatic rings. The average Bonchev–Trinajstić information content (AvgIpc) is 2.87. The van der Waals surface area contributed by atoms with Gasteiger partial charge in [-0.05, 0) is 12.1 Å². The third-order valence-corrected chi connectivity index (χ3v) is 9.41. The lowest BCUT2D eigenvalue weighted by atomic mass is 9.81. The van der Waals surface area contributed by atoms with Crippen molar-refractivity contribution in [3.05, 3.63) is 28.3 Å². The van der Waals surface area contributed by atoms with Gasteiger partial charge in [-0.25, -0.2) is 0 Å². The summed E-state index contributed by atoms with van der Waals surface area (Å²) in [5.74, 6) is -4.81. The van der Waals surface area contributed by atoms with Crippen molar-refractivity contribution in [3.8, 4) is 11.5 Å². The molecule has 0 radical (unpaired) electrons. The molecule has 29 heavy (non-hydrogen) atoms. The molecule has 1 fully saturated rings. The van der Waals surface area contributed by atoms with E-state index in [2.05, 4.69) is 5.32 Å². The highest BCUT2D eigenvalue weighted by molar-refractivity contribution is 6.66. The highest BCUT2D eigenvalue weighted by Crippen LogP contribution is 2.76. The summed E-state index contributed by atoms with van der Waals surface area (Å²) in [7, 11) is 2.84. The second-order valence-electron chi connectivity index (χ2n) is 6.47. The number of ether oxygens (including phenoxy) is 2. The lowest BCUT2D eigenvalue weighted by Crippen LogP contribution is -2.47. The zero-order valence-electron chi connectivity index (χ0n) is 14.7. The summed E-state index contributed by atoms with van der Waals surface area (Å²) in [5.41, 5.74) is 0.202. The molecule has 158 valence electrons. The minimum absolute atomic E-state index is 0.202. The summed E-state index contributed by atoms with van der Waals surface area (Å²) in [5, 5.41) is 11.8. The summed E-state index contributed by atoms with van der Waals surface area (Å²) in [6.07, 6.45) is 0. The van der Waals surface area contributed by atoms with Crippen LogP contribution < -0.4 is 14.8 Å². The zero-order valence-corrected chi connectivity index (χ0v) is 19.3. The lowest BCUT2D eigenvalue weighted by molar-refractivity contribution is -0.146. The van der Waals surface area contributed by atoms with Crippen molar-refractivity contribution in [1.82, 2.24) is 0 Å². The Bertz CT molecular complexity index is 937. The fraction of sp³-hybridized carbons (Fsp3) is 0.412. The maximum atomic E-state index is 13.2. The quantitative estimate of drug-likeness (QED) is 0.541. The minimum Gasteiger partial charge on any atom is -0.497 e. The average molecular weight is 524 g/mol. The number of benzene rings is 1. The maximum Gasteiger partial charge on any atom is 0.309 e. The molecule has 3 rings (SSSR count). The van der Waals surface area contributed by atoms with Crippen LogP contribution in [0.15, 0.2) is 28.3 Å². The number of nitrogens with one attached hydrogen (secondary N) is 1. The van der Waals surface area contributed by atoms with Gasteiger partial charge < -0.3 is 19.9 Å². The number of carboxylic acid groups (broad SMARTS) is 1. The van der Waals surface area contributed by atoms with E-state index in [1.165, 1.54) is 20.3 Å². The van der Waals surface area contributed by atoms with Crippen molar-refractivity contribution < 1.29 is 24.2 Å². The molecular weight excluding hydrogens is 511 g/mol. The summed E-state index contributed by atoms with van der Waals surface area (Å²) >= 11 is 38.3. The molecule has 6 nitrogen and oxygen atoms in total. The van der Waals surface area contributed by atoms with Gasteiger partial charge in [0.15, 0.2) is 4.33 Å². The normalized spacial score (nSPS) is 32.3. The number of alkyl halides is 4. The molecule has 1 aromatic carbocycles. The number of amides is 1. The van der Waals surface area contributed by atoms with Crippen molar-refractivity contribution >= 4 is 87.2 Å². The van der Waals surface area contributed by atoms with E-state index in [-0.39, 0.29) is 15.8 Å². The molecule has 2 aliphatic carbocycles. The van der Waals surface area contributed by atoms with Crippen LogP contribution in [0.25, 0.3) is 0 Å². The lowest BCUT2D eigenvalue weighted by Gasteiger charge is -2.33. The predicted molar refractivity (Wildman–Crippen MR) is 113 cm³/mol. The van der Waals surface area contributed by atoms with E-state index >= 15 is 0 Å². The van der Waals surface area contributed by atoms with Crippen molar-refractivity contribution in [2.45, 2.75) is 14.1 Å². The molecule has 0 aliphatic heterocycles. The van der Waals surface area contributed by atoms with Gasteiger partial charge in [0, 0.05) is 6.07 Å². The highest BCUT2D eigenvalue weighted by Gasteiger charge is 2.85. The van der Waals surface area contributed by atoms with Crippen LogP contribution in [0.3, 0.4) is 0 Å². The number of carbonyl (C=O) groups excluding carboxylic acids is 1. The van der Waals surface area contributed by atoms with Crippen molar-refractivity contribution in [2.24, 2.45) is 11.8 Å². The van der Waals surface area contributed by atoms with Gasteiger partial charge in [-0.2, -0.15) is 0 Å². The van der Waals surface area contributed by atoms with E-state index in [1.54, 1.807) is 12.1 Å². The summed E-state index contributed by atoms with van der Waals surface area (Å²) in [4.78, 5) is 21.1. The highest BCUT2D eigenvalue weighted by atomic mass is 35.5. The summed E-state index contributed by atoms with van der Waals surface area (Å²) < 4.78 is 8.17. The van der Waals surface area contributed by atoms with E-state index < -0.39 is 37.8 Å². The maximum absolute atomic E-state index is 13.2. The third-order valence-electron chi connectivity index (χ3n) is 5.15. The fourth-order valence-electron chi connectivity index (χ4n) is 3.75. The zero-order chi connectivity index (χ0) is 21.9. The molecule has 4 atom stereocenters.